The lowest BCUT2D eigenvalue weighted by Gasteiger charge is -2.13. The van der Waals surface area contributed by atoms with Gasteiger partial charge in [-0.05, 0) is 71.9 Å². The third-order valence-electron chi connectivity index (χ3n) is 4.49. The Balaban J connectivity index is 0.00000324. The smallest absolute Gasteiger partial charge is 0.345 e. The number of hydrogen-bond acceptors (Lipinski definition) is 5. The molecular formula is C23H13Cl4NO4S2. The maximum Gasteiger partial charge on any atom is 0.345 e. The molecule has 1 saturated heterocycles. The first-order chi connectivity index (χ1) is 15.7. The molecule has 11 heteroatoms. The van der Waals surface area contributed by atoms with Crippen LogP contribution in [0.1, 0.15) is 15.9 Å². The van der Waals surface area contributed by atoms with Gasteiger partial charge in [-0.1, -0.05) is 58.5 Å². The van der Waals surface area contributed by atoms with Crippen LogP contribution in [-0.4, -0.2) is 17.1 Å². The molecule has 0 aromatic heterocycles. The van der Waals surface area contributed by atoms with Crippen molar-refractivity contribution in [1.29, 1.82) is 0 Å². The number of rotatable bonds is 4. The SMILES string of the molecule is O=C(Oc1ccc(/C=C2\SC(=O)N(c3ccc(Cl)c(Cl)c3)C2=O)cc1)c1ccc(Cl)cc1Cl.S. The molecule has 0 bridgehead atoms. The zero-order valence-corrected chi connectivity index (χ0v) is 21.7. The van der Waals surface area contributed by atoms with Crippen molar-refractivity contribution in [1.82, 2.24) is 0 Å². The number of nitrogens with zero attached hydrogens (tertiary/aromatic N) is 1. The van der Waals surface area contributed by atoms with E-state index < -0.39 is 17.1 Å². The summed E-state index contributed by atoms with van der Waals surface area (Å²) >= 11 is 24.6. The highest BCUT2D eigenvalue weighted by molar-refractivity contribution is 8.19. The van der Waals surface area contributed by atoms with Crippen molar-refractivity contribution < 1.29 is 19.1 Å². The highest BCUT2D eigenvalue weighted by Crippen LogP contribution is 2.37. The summed E-state index contributed by atoms with van der Waals surface area (Å²) in [4.78, 5) is 38.8. The fourth-order valence-electron chi connectivity index (χ4n) is 2.91. The summed E-state index contributed by atoms with van der Waals surface area (Å²) in [5.74, 6) is -0.824. The molecule has 3 aromatic rings. The topological polar surface area (TPSA) is 63.7 Å². The number of hydrogen-bond donors (Lipinski definition) is 0. The number of amides is 2. The maximum absolute atomic E-state index is 12.8. The van der Waals surface area contributed by atoms with Gasteiger partial charge in [0.1, 0.15) is 5.75 Å². The largest absolute Gasteiger partial charge is 0.423 e. The molecule has 1 aliphatic heterocycles. The third kappa shape index (κ3) is 5.74. The number of carbonyl (C=O) groups excluding carboxylic acids is 3. The summed E-state index contributed by atoms with van der Waals surface area (Å²) in [6, 6.07) is 15.4. The molecule has 3 aromatic carbocycles. The minimum absolute atomic E-state index is 0. The second kappa shape index (κ2) is 11.1. The quantitative estimate of drug-likeness (QED) is 0.181. The summed E-state index contributed by atoms with van der Waals surface area (Å²) in [7, 11) is 0. The summed E-state index contributed by atoms with van der Waals surface area (Å²) in [5.41, 5.74) is 1.15. The third-order valence-corrected chi connectivity index (χ3v) is 6.65. The number of thioether (sulfide) groups is 1. The number of halogens is 4. The molecule has 0 unspecified atom stereocenters. The average Bonchev–Trinajstić information content (AvgIpc) is 3.04. The van der Waals surface area contributed by atoms with E-state index >= 15 is 0 Å². The van der Waals surface area contributed by atoms with Crippen molar-refractivity contribution in [3.8, 4) is 5.75 Å². The lowest BCUT2D eigenvalue weighted by molar-refractivity contribution is -0.113. The molecule has 5 nitrogen and oxygen atoms in total. The highest BCUT2D eigenvalue weighted by Gasteiger charge is 2.36. The predicted octanol–water partition coefficient (Wildman–Crippen LogP) is 7.87. The van der Waals surface area contributed by atoms with E-state index in [-0.39, 0.29) is 39.8 Å². The number of imide groups is 1. The molecule has 2 amide bonds. The Hall–Kier alpha value is -2.13. The van der Waals surface area contributed by atoms with Crippen molar-refractivity contribution in [3.63, 3.8) is 0 Å². The Labute approximate surface area is 226 Å². The van der Waals surface area contributed by atoms with Gasteiger partial charge < -0.3 is 4.74 Å². The van der Waals surface area contributed by atoms with Gasteiger partial charge in [-0.3, -0.25) is 9.59 Å². The second-order valence-corrected chi connectivity index (χ2v) is 9.35. The highest BCUT2D eigenvalue weighted by atomic mass is 35.5. The summed E-state index contributed by atoms with van der Waals surface area (Å²) < 4.78 is 5.34. The van der Waals surface area contributed by atoms with Crippen molar-refractivity contribution in [3.05, 3.63) is 96.8 Å². The average molecular weight is 573 g/mol. The van der Waals surface area contributed by atoms with E-state index in [1.54, 1.807) is 36.4 Å². The van der Waals surface area contributed by atoms with Crippen LogP contribution in [0.5, 0.6) is 5.75 Å². The first kappa shape index (κ1) is 26.5. The van der Waals surface area contributed by atoms with Crippen LogP contribution < -0.4 is 9.64 Å². The molecular weight excluding hydrogens is 560 g/mol. The van der Waals surface area contributed by atoms with Crippen molar-refractivity contribution in [2.75, 3.05) is 4.90 Å². The van der Waals surface area contributed by atoms with Gasteiger partial charge in [0, 0.05) is 5.02 Å². The second-order valence-electron chi connectivity index (χ2n) is 6.70. The first-order valence-corrected chi connectivity index (χ1v) is 11.6. The number of benzene rings is 3. The zero-order chi connectivity index (χ0) is 23.7. The molecule has 34 heavy (non-hydrogen) atoms. The van der Waals surface area contributed by atoms with Crippen LogP contribution in [0.3, 0.4) is 0 Å². The number of ether oxygens (including phenoxy) is 1. The molecule has 1 aliphatic rings. The van der Waals surface area contributed by atoms with E-state index in [0.29, 0.717) is 21.3 Å². The van der Waals surface area contributed by atoms with Crippen LogP contribution in [0.15, 0.2) is 65.6 Å². The van der Waals surface area contributed by atoms with E-state index in [4.69, 9.17) is 51.1 Å². The molecule has 0 radical (unpaired) electrons. The molecule has 174 valence electrons. The molecule has 4 rings (SSSR count). The van der Waals surface area contributed by atoms with Crippen LogP contribution in [0.2, 0.25) is 20.1 Å². The van der Waals surface area contributed by atoms with Gasteiger partial charge in [0.25, 0.3) is 11.1 Å². The zero-order valence-electron chi connectivity index (χ0n) is 16.9. The van der Waals surface area contributed by atoms with Crippen molar-refractivity contribution in [2.24, 2.45) is 0 Å². The van der Waals surface area contributed by atoms with E-state index in [1.807, 2.05) is 0 Å². The van der Waals surface area contributed by atoms with Crippen LogP contribution >= 0.6 is 71.7 Å². The molecule has 0 N–H and O–H groups in total. The van der Waals surface area contributed by atoms with Gasteiger partial charge in [-0.25, -0.2) is 9.69 Å². The van der Waals surface area contributed by atoms with Crippen LogP contribution in [0.4, 0.5) is 10.5 Å². The molecule has 1 heterocycles. The summed E-state index contributed by atoms with van der Waals surface area (Å²) in [5, 5.41) is 0.700. The fourth-order valence-corrected chi connectivity index (χ4v) is 4.53. The summed E-state index contributed by atoms with van der Waals surface area (Å²) in [6.07, 6.45) is 1.57. The molecule has 1 fully saturated rings. The van der Waals surface area contributed by atoms with Gasteiger partial charge in [0.05, 0.1) is 31.2 Å². The standard InChI is InChI=1S/C23H11Cl4NO4S.H2S/c24-13-3-7-16(18(26)10-13)22(30)32-15-5-1-12(2-6-15)9-20-21(29)28(23(31)33-20)14-4-8-17(25)19(27)11-14;/h1-11H;1H2/b20-9-;. The van der Waals surface area contributed by atoms with E-state index in [2.05, 4.69) is 0 Å². The van der Waals surface area contributed by atoms with Crippen LogP contribution in [0.25, 0.3) is 6.08 Å². The lowest BCUT2D eigenvalue weighted by Crippen LogP contribution is -2.27. The van der Waals surface area contributed by atoms with Gasteiger partial charge in [-0.2, -0.15) is 13.5 Å². The number of carbonyl (C=O) groups is 3. The number of anilines is 1. The fraction of sp³-hybridized carbons (Fsp3) is 0. The monoisotopic (exact) mass is 571 g/mol. The predicted molar refractivity (Wildman–Crippen MR) is 143 cm³/mol. The molecule has 0 aliphatic carbocycles. The van der Waals surface area contributed by atoms with Gasteiger partial charge in [0.15, 0.2) is 0 Å². The van der Waals surface area contributed by atoms with Gasteiger partial charge in [-0.15, -0.1) is 0 Å². The van der Waals surface area contributed by atoms with E-state index in [9.17, 15) is 14.4 Å². The lowest BCUT2D eigenvalue weighted by atomic mass is 10.2. The number of esters is 1. The van der Waals surface area contributed by atoms with Crippen LogP contribution in [0, 0.1) is 0 Å². The summed E-state index contributed by atoms with van der Waals surface area (Å²) in [6.45, 7) is 0. The Morgan fingerprint density at radius 3 is 2.21 bits per heavy atom. The molecule has 0 saturated carbocycles. The van der Waals surface area contributed by atoms with Crippen LogP contribution in [-0.2, 0) is 4.79 Å². The van der Waals surface area contributed by atoms with Gasteiger partial charge in [0.2, 0.25) is 0 Å². The minimum atomic E-state index is -0.632. The normalized spacial score (nSPS) is 14.4. The van der Waals surface area contributed by atoms with Crippen molar-refractivity contribution >= 4 is 101 Å². The van der Waals surface area contributed by atoms with E-state index in [0.717, 1.165) is 16.7 Å². The maximum atomic E-state index is 12.8. The van der Waals surface area contributed by atoms with Gasteiger partial charge >= 0.3 is 5.97 Å². The Morgan fingerprint density at radius 1 is 0.853 bits per heavy atom. The van der Waals surface area contributed by atoms with E-state index in [1.165, 1.54) is 30.3 Å². The Morgan fingerprint density at radius 2 is 1.56 bits per heavy atom. The van der Waals surface area contributed by atoms with Crippen molar-refractivity contribution in [2.45, 2.75) is 0 Å². The first-order valence-electron chi connectivity index (χ1n) is 9.23. The Bertz CT molecular complexity index is 1330. The minimum Gasteiger partial charge on any atom is -0.423 e. The molecule has 0 atom stereocenters. The molecule has 0 spiro atoms. The Kier molecular flexibility index (Phi) is 8.62.